The Morgan fingerprint density at radius 3 is 1.60 bits per heavy atom. The van der Waals surface area contributed by atoms with E-state index in [1.165, 1.54) is 109 Å². The van der Waals surface area contributed by atoms with Gasteiger partial charge in [0, 0.05) is 6.42 Å². The first-order chi connectivity index (χ1) is 17.2. The van der Waals surface area contributed by atoms with Crippen LogP contribution in [-0.4, -0.2) is 34.9 Å². The first kappa shape index (κ1) is 34.1. The summed E-state index contributed by atoms with van der Waals surface area (Å²) in [5.41, 5.74) is 0. The molecule has 0 unspecified atom stereocenters. The maximum atomic E-state index is 12.2. The smallest absolute Gasteiger partial charge is 0.220 e. The van der Waals surface area contributed by atoms with Crippen molar-refractivity contribution in [1.29, 1.82) is 0 Å². The van der Waals surface area contributed by atoms with Gasteiger partial charge in [0.05, 0.1) is 18.8 Å². The standard InChI is InChI=1S/C31H61NO3/c1-3-5-7-9-11-13-15-16-17-19-21-23-25-27-31(35)32-29(28-33)30(34)26-24-22-20-18-14-12-10-8-6-4-2/h13,15,29-30,33-34H,3-12,14,16-28H2,1-2H3,(H,32,35)/b15-13+/t29-,30+/m0/s1. The van der Waals surface area contributed by atoms with E-state index in [0.717, 1.165) is 25.7 Å². The van der Waals surface area contributed by atoms with Gasteiger partial charge in [0.2, 0.25) is 5.91 Å². The van der Waals surface area contributed by atoms with E-state index in [9.17, 15) is 15.0 Å². The van der Waals surface area contributed by atoms with E-state index in [0.29, 0.717) is 12.8 Å². The second kappa shape index (κ2) is 27.7. The van der Waals surface area contributed by atoms with Crippen LogP contribution < -0.4 is 5.32 Å². The van der Waals surface area contributed by atoms with Crippen LogP contribution in [-0.2, 0) is 4.79 Å². The fourth-order valence-electron chi connectivity index (χ4n) is 4.59. The van der Waals surface area contributed by atoms with Crippen molar-refractivity contribution in [2.24, 2.45) is 0 Å². The molecule has 0 spiro atoms. The van der Waals surface area contributed by atoms with Gasteiger partial charge >= 0.3 is 0 Å². The Bertz CT molecular complexity index is 466. The molecule has 0 aromatic carbocycles. The molecule has 208 valence electrons. The maximum absolute atomic E-state index is 12.2. The van der Waals surface area contributed by atoms with E-state index in [-0.39, 0.29) is 12.5 Å². The molecule has 0 saturated heterocycles. The minimum Gasteiger partial charge on any atom is -0.394 e. The molecule has 4 nitrogen and oxygen atoms in total. The lowest BCUT2D eigenvalue weighted by Gasteiger charge is -2.22. The maximum Gasteiger partial charge on any atom is 0.220 e. The number of rotatable bonds is 27. The van der Waals surface area contributed by atoms with Gasteiger partial charge in [-0.1, -0.05) is 129 Å². The summed E-state index contributed by atoms with van der Waals surface area (Å²) >= 11 is 0. The molecule has 0 radical (unpaired) electrons. The monoisotopic (exact) mass is 495 g/mol. The van der Waals surface area contributed by atoms with E-state index in [4.69, 9.17) is 0 Å². The predicted octanol–water partition coefficient (Wildman–Crippen LogP) is 8.39. The van der Waals surface area contributed by atoms with Crippen LogP contribution in [0, 0.1) is 0 Å². The van der Waals surface area contributed by atoms with Crippen LogP contribution in [0.25, 0.3) is 0 Å². The predicted molar refractivity (Wildman–Crippen MR) is 152 cm³/mol. The van der Waals surface area contributed by atoms with E-state index < -0.39 is 12.1 Å². The van der Waals surface area contributed by atoms with Crippen LogP contribution in [0.2, 0.25) is 0 Å². The Morgan fingerprint density at radius 1 is 0.657 bits per heavy atom. The Kier molecular flexibility index (Phi) is 27.0. The minimum absolute atomic E-state index is 0.0443. The van der Waals surface area contributed by atoms with Crippen molar-refractivity contribution in [3.63, 3.8) is 0 Å². The largest absolute Gasteiger partial charge is 0.394 e. The van der Waals surface area contributed by atoms with Gasteiger partial charge in [0.1, 0.15) is 0 Å². The van der Waals surface area contributed by atoms with Crippen LogP contribution >= 0.6 is 0 Å². The summed E-state index contributed by atoms with van der Waals surface area (Å²) in [4.78, 5) is 12.2. The molecule has 0 rings (SSSR count). The van der Waals surface area contributed by atoms with Gasteiger partial charge in [-0.2, -0.15) is 0 Å². The molecule has 3 N–H and O–H groups in total. The number of aliphatic hydroxyl groups is 2. The molecule has 35 heavy (non-hydrogen) atoms. The lowest BCUT2D eigenvalue weighted by molar-refractivity contribution is -0.123. The van der Waals surface area contributed by atoms with Gasteiger partial charge in [0.25, 0.3) is 0 Å². The highest BCUT2D eigenvalue weighted by atomic mass is 16.3. The summed E-state index contributed by atoms with van der Waals surface area (Å²) in [7, 11) is 0. The summed E-state index contributed by atoms with van der Waals surface area (Å²) in [6.07, 6.45) is 31.0. The lowest BCUT2D eigenvalue weighted by Crippen LogP contribution is -2.45. The first-order valence-electron chi connectivity index (χ1n) is 15.4. The number of hydrogen-bond acceptors (Lipinski definition) is 3. The SMILES string of the molecule is CCCCCC/C=C/CCCCCCCC(=O)N[C@@H](CO)[C@H](O)CCCCCCCCCCCC. The van der Waals surface area contributed by atoms with Crippen LogP contribution in [0.15, 0.2) is 12.2 Å². The zero-order valence-electron chi connectivity index (χ0n) is 23.6. The summed E-state index contributed by atoms with van der Waals surface area (Å²) in [6, 6.07) is -0.533. The molecule has 0 aliphatic carbocycles. The quantitative estimate of drug-likeness (QED) is 0.0791. The molecule has 0 aliphatic rings. The molecule has 1 amide bonds. The minimum atomic E-state index is -0.655. The Balaban J connectivity index is 3.62. The number of nitrogens with one attached hydrogen (secondary N) is 1. The van der Waals surface area contributed by atoms with Crippen molar-refractivity contribution in [3.05, 3.63) is 12.2 Å². The third kappa shape index (κ3) is 24.6. The molecule has 0 fully saturated rings. The summed E-state index contributed by atoms with van der Waals surface area (Å²) in [6.45, 7) is 4.30. The van der Waals surface area contributed by atoms with Crippen LogP contribution in [0.4, 0.5) is 0 Å². The average molecular weight is 496 g/mol. The number of allylic oxidation sites excluding steroid dienone is 2. The molecule has 0 bridgehead atoms. The van der Waals surface area contributed by atoms with E-state index in [1.54, 1.807) is 0 Å². The van der Waals surface area contributed by atoms with Crippen molar-refractivity contribution >= 4 is 5.91 Å². The van der Waals surface area contributed by atoms with Crippen molar-refractivity contribution in [2.45, 2.75) is 174 Å². The van der Waals surface area contributed by atoms with Crippen molar-refractivity contribution in [3.8, 4) is 0 Å². The molecule has 0 aromatic rings. The first-order valence-corrected chi connectivity index (χ1v) is 15.4. The molecule has 2 atom stereocenters. The Labute approximate surface area is 218 Å². The fraction of sp³-hybridized carbons (Fsp3) is 0.903. The molecule has 0 heterocycles. The van der Waals surface area contributed by atoms with Crippen LogP contribution in [0.1, 0.15) is 162 Å². The van der Waals surface area contributed by atoms with Crippen molar-refractivity contribution in [1.82, 2.24) is 5.32 Å². The summed E-state index contributed by atoms with van der Waals surface area (Å²) in [5, 5.41) is 22.8. The van der Waals surface area contributed by atoms with Crippen LogP contribution in [0.5, 0.6) is 0 Å². The number of aliphatic hydroxyl groups excluding tert-OH is 2. The van der Waals surface area contributed by atoms with Gasteiger partial charge < -0.3 is 15.5 Å². The molecule has 4 heteroatoms. The van der Waals surface area contributed by atoms with Gasteiger partial charge in [-0.05, 0) is 38.5 Å². The summed E-state index contributed by atoms with van der Waals surface area (Å²) < 4.78 is 0. The average Bonchev–Trinajstić information content (AvgIpc) is 2.86. The second-order valence-electron chi connectivity index (χ2n) is 10.5. The molecular formula is C31H61NO3. The zero-order valence-corrected chi connectivity index (χ0v) is 23.6. The highest BCUT2D eigenvalue weighted by molar-refractivity contribution is 5.76. The van der Waals surface area contributed by atoms with Gasteiger partial charge in [-0.15, -0.1) is 0 Å². The second-order valence-corrected chi connectivity index (χ2v) is 10.5. The van der Waals surface area contributed by atoms with Crippen molar-refractivity contribution in [2.75, 3.05) is 6.61 Å². The molecular weight excluding hydrogens is 434 g/mol. The Morgan fingerprint density at radius 2 is 1.09 bits per heavy atom. The third-order valence-electron chi connectivity index (χ3n) is 7.03. The summed E-state index contributed by atoms with van der Waals surface area (Å²) in [5.74, 6) is -0.0443. The number of hydrogen-bond donors (Lipinski definition) is 3. The highest BCUT2D eigenvalue weighted by Crippen LogP contribution is 2.13. The highest BCUT2D eigenvalue weighted by Gasteiger charge is 2.19. The zero-order chi connectivity index (χ0) is 25.8. The van der Waals surface area contributed by atoms with E-state index in [2.05, 4.69) is 31.3 Å². The van der Waals surface area contributed by atoms with Gasteiger partial charge in [-0.3, -0.25) is 4.79 Å². The number of carbonyl (C=O) groups is 1. The van der Waals surface area contributed by atoms with Crippen LogP contribution in [0.3, 0.4) is 0 Å². The normalized spacial score (nSPS) is 13.4. The third-order valence-corrected chi connectivity index (χ3v) is 7.03. The molecule has 0 saturated carbocycles. The van der Waals surface area contributed by atoms with Gasteiger partial charge in [-0.25, -0.2) is 0 Å². The molecule has 0 aromatic heterocycles. The van der Waals surface area contributed by atoms with E-state index >= 15 is 0 Å². The molecule has 0 aliphatic heterocycles. The van der Waals surface area contributed by atoms with Crippen molar-refractivity contribution < 1.29 is 15.0 Å². The van der Waals surface area contributed by atoms with E-state index in [1.807, 2.05) is 0 Å². The topological polar surface area (TPSA) is 69.6 Å². The fourth-order valence-corrected chi connectivity index (χ4v) is 4.59. The number of amides is 1. The number of carbonyl (C=O) groups excluding carboxylic acids is 1. The Hall–Kier alpha value is -0.870. The van der Waals surface area contributed by atoms with Gasteiger partial charge in [0.15, 0.2) is 0 Å². The number of unbranched alkanes of at least 4 members (excludes halogenated alkanes) is 18. The lowest BCUT2D eigenvalue weighted by atomic mass is 10.0.